The van der Waals surface area contributed by atoms with Crippen LogP contribution in [-0.2, 0) is 4.74 Å². The highest BCUT2D eigenvalue weighted by Crippen LogP contribution is 2.24. The van der Waals surface area contributed by atoms with Gasteiger partial charge in [0, 0.05) is 19.1 Å². The van der Waals surface area contributed by atoms with E-state index in [1.54, 1.807) is 0 Å². The summed E-state index contributed by atoms with van der Waals surface area (Å²) < 4.78 is 5.32. The zero-order chi connectivity index (χ0) is 11.2. The van der Waals surface area contributed by atoms with E-state index in [1.807, 2.05) is 0 Å². The summed E-state index contributed by atoms with van der Waals surface area (Å²) in [6.07, 6.45) is 3.69. The lowest BCUT2D eigenvalue weighted by Gasteiger charge is -2.32. The van der Waals surface area contributed by atoms with Gasteiger partial charge in [-0.2, -0.15) is 0 Å². The van der Waals surface area contributed by atoms with Gasteiger partial charge in [-0.25, -0.2) is 0 Å². The summed E-state index contributed by atoms with van der Waals surface area (Å²) in [6.45, 7) is 7.55. The van der Waals surface area contributed by atoms with Crippen molar-refractivity contribution in [3.8, 4) is 0 Å². The molecule has 1 saturated carbocycles. The maximum Gasteiger partial charge on any atom is 0.0594 e. The molecule has 4 nitrogen and oxygen atoms in total. The maximum atomic E-state index is 5.75. The Hall–Kier alpha value is -0.160. The molecule has 2 rings (SSSR count). The van der Waals surface area contributed by atoms with Gasteiger partial charge < -0.3 is 15.8 Å². The maximum absolute atomic E-state index is 5.75. The van der Waals surface area contributed by atoms with E-state index in [4.69, 9.17) is 10.5 Å². The number of nitrogens with two attached hydrogens (primary N) is 1. The fourth-order valence-electron chi connectivity index (χ4n) is 2.51. The lowest BCUT2D eigenvalue weighted by molar-refractivity contribution is 0.0374. The SMILES string of the molecule is NC1CC(CNCCCN2CCOCC2)C1. The summed E-state index contributed by atoms with van der Waals surface area (Å²) in [5.41, 5.74) is 5.75. The van der Waals surface area contributed by atoms with Crippen LogP contribution in [-0.4, -0.2) is 56.9 Å². The van der Waals surface area contributed by atoms with E-state index in [0.717, 1.165) is 45.3 Å². The Morgan fingerprint density at radius 2 is 2.00 bits per heavy atom. The van der Waals surface area contributed by atoms with Crippen LogP contribution in [0.4, 0.5) is 0 Å². The zero-order valence-electron chi connectivity index (χ0n) is 10.2. The lowest BCUT2D eigenvalue weighted by Crippen LogP contribution is -2.42. The molecule has 3 N–H and O–H groups in total. The summed E-state index contributed by atoms with van der Waals surface area (Å²) in [5.74, 6) is 0.846. The van der Waals surface area contributed by atoms with Crippen LogP contribution in [0.1, 0.15) is 19.3 Å². The first-order valence-corrected chi connectivity index (χ1v) is 6.61. The fraction of sp³-hybridized carbons (Fsp3) is 1.00. The molecule has 1 aliphatic carbocycles. The van der Waals surface area contributed by atoms with Gasteiger partial charge in [-0.3, -0.25) is 4.90 Å². The Labute approximate surface area is 98.5 Å². The topological polar surface area (TPSA) is 50.5 Å². The van der Waals surface area contributed by atoms with E-state index < -0.39 is 0 Å². The highest BCUT2D eigenvalue weighted by molar-refractivity contribution is 4.83. The van der Waals surface area contributed by atoms with E-state index in [-0.39, 0.29) is 0 Å². The summed E-state index contributed by atoms with van der Waals surface area (Å²) in [4.78, 5) is 2.49. The number of hydrogen-bond donors (Lipinski definition) is 2. The molecule has 1 heterocycles. The molecule has 0 aromatic heterocycles. The van der Waals surface area contributed by atoms with Crippen molar-refractivity contribution < 1.29 is 4.74 Å². The van der Waals surface area contributed by atoms with Crippen molar-refractivity contribution in [2.45, 2.75) is 25.3 Å². The third kappa shape index (κ3) is 4.01. The quantitative estimate of drug-likeness (QED) is 0.629. The van der Waals surface area contributed by atoms with Crippen molar-refractivity contribution in [2.24, 2.45) is 11.7 Å². The van der Waals surface area contributed by atoms with Crippen LogP contribution < -0.4 is 11.1 Å². The highest BCUT2D eigenvalue weighted by atomic mass is 16.5. The van der Waals surface area contributed by atoms with Gasteiger partial charge in [0.05, 0.1) is 13.2 Å². The van der Waals surface area contributed by atoms with Crippen LogP contribution in [0.5, 0.6) is 0 Å². The second-order valence-corrected chi connectivity index (χ2v) is 5.11. The molecule has 0 unspecified atom stereocenters. The number of rotatable bonds is 6. The number of nitrogens with zero attached hydrogens (tertiary/aromatic N) is 1. The zero-order valence-corrected chi connectivity index (χ0v) is 10.2. The number of ether oxygens (including phenoxy) is 1. The monoisotopic (exact) mass is 227 g/mol. The van der Waals surface area contributed by atoms with E-state index in [2.05, 4.69) is 10.2 Å². The molecule has 0 bridgehead atoms. The third-order valence-electron chi connectivity index (χ3n) is 3.64. The first-order chi connectivity index (χ1) is 7.84. The minimum atomic E-state index is 0.486. The molecule has 2 aliphatic rings. The lowest BCUT2D eigenvalue weighted by atomic mass is 9.81. The van der Waals surface area contributed by atoms with Crippen LogP contribution in [0.15, 0.2) is 0 Å². The smallest absolute Gasteiger partial charge is 0.0594 e. The van der Waals surface area contributed by atoms with Crippen LogP contribution in [0.3, 0.4) is 0 Å². The largest absolute Gasteiger partial charge is 0.379 e. The van der Waals surface area contributed by atoms with Crippen LogP contribution in [0, 0.1) is 5.92 Å². The molecule has 0 spiro atoms. The summed E-state index contributed by atoms with van der Waals surface area (Å²) >= 11 is 0. The van der Waals surface area contributed by atoms with E-state index in [0.29, 0.717) is 6.04 Å². The van der Waals surface area contributed by atoms with Crippen LogP contribution in [0.2, 0.25) is 0 Å². The average molecular weight is 227 g/mol. The molecule has 0 aromatic rings. The molecular weight excluding hydrogens is 202 g/mol. The van der Waals surface area contributed by atoms with Gasteiger partial charge in [0.15, 0.2) is 0 Å². The summed E-state index contributed by atoms with van der Waals surface area (Å²) in [7, 11) is 0. The third-order valence-corrected chi connectivity index (χ3v) is 3.64. The highest BCUT2D eigenvalue weighted by Gasteiger charge is 2.24. The molecular formula is C12H25N3O. The van der Waals surface area contributed by atoms with Gasteiger partial charge in [0.1, 0.15) is 0 Å². The van der Waals surface area contributed by atoms with E-state index in [9.17, 15) is 0 Å². The van der Waals surface area contributed by atoms with Crippen molar-refractivity contribution in [1.82, 2.24) is 10.2 Å². The first kappa shape index (κ1) is 12.3. The van der Waals surface area contributed by atoms with Gasteiger partial charge >= 0.3 is 0 Å². The van der Waals surface area contributed by atoms with Crippen molar-refractivity contribution in [3.05, 3.63) is 0 Å². The molecule has 2 fully saturated rings. The Morgan fingerprint density at radius 1 is 1.25 bits per heavy atom. The second-order valence-electron chi connectivity index (χ2n) is 5.11. The van der Waals surface area contributed by atoms with Crippen molar-refractivity contribution in [3.63, 3.8) is 0 Å². The summed E-state index contributed by atoms with van der Waals surface area (Å²) in [6, 6.07) is 0.486. The van der Waals surface area contributed by atoms with Crippen LogP contribution in [0.25, 0.3) is 0 Å². The van der Waals surface area contributed by atoms with Crippen molar-refractivity contribution in [2.75, 3.05) is 45.9 Å². The number of nitrogens with one attached hydrogen (secondary N) is 1. The molecule has 0 amide bonds. The van der Waals surface area contributed by atoms with Gasteiger partial charge in [-0.15, -0.1) is 0 Å². The first-order valence-electron chi connectivity index (χ1n) is 6.61. The summed E-state index contributed by atoms with van der Waals surface area (Å²) in [5, 5.41) is 3.53. The van der Waals surface area contributed by atoms with Crippen LogP contribution >= 0.6 is 0 Å². The second kappa shape index (κ2) is 6.55. The number of hydrogen-bond acceptors (Lipinski definition) is 4. The standard InChI is InChI=1S/C12H25N3O/c13-12-8-11(9-12)10-14-2-1-3-15-4-6-16-7-5-15/h11-12,14H,1-10,13H2. The Bertz CT molecular complexity index is 189. The van der Waals surface area contributed by atoms with Crippen molar-refractivity contribution in [1.29, 1.82) is 0 Å². The molecule has 16 heavy (non-hydrogen) atoms. The van der Waals surface area contributed by atoms with E-state index >= 15 is 0 Å². The fourth-order valence-corrected chi connectivity index (χ4v) is 2.51. The van der Waals surface area contributed by atoms with Gasteiger partial charge in [-0.05, 0) is 44.8 Å². The minimum absolute atomic E-state index is 0.486. The molecule has 4 heteroatoms. The predicted molar refractivity (Wildman–Crippen MR) is 65.4 cm³/mol. The van der Waals surface area contributed by atoms with E-state index in [1.165, 1.54) is 25.8 Å². The predicted octanol–water partition coefficient (Wildman–Crippen LogP) is 0.0356. The molecule has 1 aliphatic heterocycles. The average Bonchev–Trinajstić information content (AvgIpc) is 2.27. The molecule has 0 atom stereocenters. The van der Waals surface area contributed by atoms with Crippen molar-refractivity contribution >= 4 is 0 Å². The molecule has 0 aromatic carbocycles. The Kier molecular flexibility index (Phi) is 5.03. The van der Waals surface area contributed by atoms with Gasteiger partial charge in [-0.1, -0.05) is 0 Å². The number of morpholine rings is 1. The molecule has 0 radical (unpaired) electrons. The van der Waals surface area contributed by atoms with Gasteiger partial charge in [0.2, 0.25) is 0 Å². The Balaban J connectivity index is 1.40. The van der Waals surface area contributed by atoms with Gasteiger partial charge in [0.25, 0.3) is 0 Å². The normalized spacial score (nSPS) is 31.3. The Morgan fingerprint density at radius 3 is 2.69 bits per heavy atom. The molecule has 94 valence electrons. The minimum Gasteiger partial charge on any atom is -0.379 e. The molecule has 1 saturated heterocycles.